The number of carbonyl (C=O) groups is 1. The number of hydrogen-bond donors (Lipinski definition) is 0. The van der Waals surface area contributed by atoms with E-state index in [1.807, 2.05) is 44.2 Å². The number of para-hydroxylation sites is 1. The van der Waals surface area contributed by atoms with Crippen LogP contribution in [0.4, 0.5) is 0 Å². The fourth-order valence-electron chi connectivity index (χ4n) is 4.52. The summed E-state index contributed by atoms with van der Waals surface area (Å²) < 4.78 is 15.0. The van der Waals surface area contributed by atoms with Crippen molar-refractivity contribution in [1.29, 1.82) is 0 Å². The van der Waals surface area contributed by atoms with Crippen LogP contribution in [0.25, 0.3) is 10.9 Å². The highest BCUT2D eigenvalue weighted by molar-refractivity contribution is 7.99. The number of hydrogen-bond acceptors (Lipinski definition) is 6. The molecule has 0 radical (unpaired) electrons. The van der Waals surface area contributed by atoms with E-state index in [1.54, 1.807) is 23.0 Å². The minimum absolute atomic E-state index is 0.0173. The molecule has 1 fully saturated rings. The molecule has 34 heavy (non-hydrogen) atoms. The first-order valence-corrected chi connectivity index (χ1v) is 12.5. The van der Waals surface area contributed by atoms with Crippen molar-refractivity contribution >= 4 is 28.4 Å². The summed E-state index contributed by atoms with van der Waals surface area (Å²) in [5, 5.41) is 1.05. The van der Waals surface area contributed by atoms with Crippen LogP contribution < -0.4 is 5.56 Å². The van der Waals surface area contributed by atoms with Crippen molar-refractivity contribution in [2.75, 3.05) is 12.4 Å². The quantitative estimate of drug-likeness (QED) is 0.209. The number of aryl methyl sites for hydroxylation is 1. The summed E-state index contributed by atoms with van der Waals surface area (Å²) >= 11 is 1.28. The number of fused-ring (bicyclic) bond motifs is 1. The average molecular weight is 478 g/mol. The number of furan rings is 1. The smallest absolute Gasteiger partial charge is 0.262 e. The summed E-state index contributed by atoms with van der Waals surface area (Å²) in [5.74, 6) is 0.862. The number of benzene rings is 1. The molecule has 3 aromatic heterocycles. The number of thioether (sulfide) groups is 1. The highest BCUT2D eigenvalue weighted by Gasteiger charge is 2.22. The van der Waals surface area contributed by atoms with Crippen LogP contribution in [0.1, 0.15) is 40.3 Å². The highest BCUT2D eigenvalue weighted by atomic mass is 32.2. The van der Waals surface area contributed by atoms with Crippen LogP contribution in [0.5, 0.6) is 0 Å². The molecule has 176 valence electrons. The molecule has 0 unspecified atom stereocenters. The van der Waals surface area contributed by atoms with E-state index in [-0.39, 0.29) is 29.7 Å². The summed E-state index contributed by atoms with van der Waals surface area (Å²) in [7, 11) is 0. The van der Waals surface area contributed by atoms with Crippen molar-refractivity contribution in [3.8, 4) is 0 Å². The lowest BCUT2D eigenvalue weighted by Crippen LogP contribution is -2.24. The molecule has 1 atom stereocenters. The van der Waals surface area contributed by atoms with E-state index in [4.69, 9.17) is 14.1 Å². The Morgan fingerprint density at radius 3 is 2.79 bits per heavy atom. The lowest BCUT2D eigenvalue weighted by atomic mass is 10.2. The van der Waals surface area contributed by atoms with Gasteiger partial charge in [-0.15, -0.1) is 0 Å². The van der Waals surface area contributed by atoms with Crippen molar-refractivity contribution in [2.45, 2.75) is 51.0 Å². The van der Waals surface area contributed by atoms with E-state index in [0.717, 1.165) is 37.4 Å². The second kappa shape index (κ2) is 9.64. The number of aromatic nitrogens is 3. The molecule has 1 aliphatic heterocycles. The van der Waals surface area contributed by atoms with Gasteiger partial charge in [0.2, 0.25) is 0 Å². The Morgan fingerprint density at radius 2 is 2.03 bits per heavy atom. The molecule has 1 aromatic carbocycles. The van der Waals surface area contributed by atoms with E-state index in [1.165, 1.54) is 11.8 Å². The normalized spacial score (nSPS) is 15.9. The molecule has 1 saturated heterocycles. The molecular formula is C26H27N3O4S. The average Bonchev–Trinajstić information content (AvgIpc) is 3.59. The van der Waals surface area contributed by atoms with Gasteiger partial charge in [-0.1, -0.05) is 23.9 Å². The van der Waals surface area contributed by atoms with Gasteiger partial charge in [-0.25, -0.2) is 4.98 Å². The number of carbonyl (C=O) groups excluding carboxylic acids is 1. The van der Waals surface area contributed by atoms with Gasteiger partial charge in [-0.2, -0.15) is 0 Å². The molecule has 7 nitrogen and oxygen atoms in total. The fourth-order valence-corrected chi connectivity index (χ4v) is 5.40. The van der Waals surface area contributed by atoms with Crippen molar-refractivity contribution < 1.29 is 13.9 Å². The zero-order chi connectivity index (χ0) is 23.7. The Balaban J connectivity index is 1.40. The van der Waals surface area contributed by atoms with Gasteiger partial charge in [0, 0.05) is 30.1 Å². The van der Waals surface area contributed by atoms with Gasteiger partial charge in [0.15, 0.2) is 10.9 Å². The molecule has 0 saturated carbocycles. The van der Waals surface area contributed by atoms with Gasteiger partial charge in [-0.3, -0.25) is 14.2 Å². The maximum Gasteiger partial charge on any atom is 0.262 e. The molecule has 1 aliphatic rings. The maximum atomic E-state index is 13.2. The van der Waals surface area contributed by atoms with Gasteiger partial charge in [-0.05, 0) is 57.0 Å². The maximum absolute atomic E-state index is 13.2. The lowest BCUT2D eigenvalue weighted by molar-refractivity contribution is 0.0957. The van der Waals surface area contributed by atoms with Gasteiger partial charge < -0.3 is 13.7 Å². The minimum Gasteiger partial charge on any atom is -0.467 e. The van der Waals surface area contributed by atoms with E-state index >= 15 is 0 Å². The van der Waals surface area contributed by atoms with Crippen LogP contribution in [-0.4, -0.2) is 38.4 Å². The molecule has 0 N–H and O–H groups in total. The summed E-state index contributed by atoms with van der Waals surface area (Å²) in [6.45, 7) is 5.85. The largest absolute Gasteiger partial charge is 0.467 e. The number of rotatable bonds is 8. The summed E-state index contributed by atoms with van der Waals surface area (Å²) in [4.78, 5) is 31.2. The first kappa shape index (κ1) is 22.7. The van der Waals surface area contributed by atoms with Gasteiger partial charge >= 0.3 is 0 Å². The van der Waals surface area contributed by atoms with Gasteiger partial charge in [0.25, 0.3) is 5.56 Å². The zero-order valence-electron chi connectivity index (χ0n) is 19.3. The molecule has 5 rings (SSSR count). The lowest BCUT2D eigenvalue weighted by Gasteiger charge is -2.15. The van der Waals surface area contributed by atoms with Crippen LogP contribution in [0.15, 0.2) is 63.1 Å². The van der Waals surface area contributed by atoms with Crippen molar-refractivity contribution in [3.05, 3.63) is 81.8 Å². The molecule has 0 spiro atoms. The first-order chi connectivity index (χ1) is 16.5. The van der Waals surface area contributed by atoms with Crippen molar-refractivity contribution in [1.82, 2.24) is 14.1 Å². The second-order valence-corrected chi connectivity index (χ2v) is 9.57. The third-order valence-electron chi connectivity index (χ3n) is 6.34. The Hall–Kier alpha value is -3.10. The van der Waals surface area contributed by atoms with Crippen molar-refractivity contribution in [3.63, 3.8) is 0 Å². The van der Waals surface area contributed by atoms with Gasteiger partial charge in [0.05, 0.1) is 35.6 Å². The van der Waals surface area contributed by atoms with E-state index in [9.17, 15) is 9.59 Å². The topological polar surface area (TPSA) is 79.3 Å². The molecule has 8 heteroatoms. The summed E-state index contributed by atoms with van der Waals surface area (Å²) in [5.41, 5.74) is 3.20. The summed E-state index contributed by atoms with van der Waals surface area (Å²) in [6.07, 6.45) is 3.93. The van der Waals surface area contributed by atoms with Crippen LogP contribution in [0, 0.1) is 13.8 Å². The van der Waals surface area contributed by atoms with Gasteiger partial charge in [0.1, 0.15) is 5.76 Å². The molecule has 4 aromatic rings. The SMILES string of the molecule is Cc1cc(C(=O)CSc2nc3ccccc3c(=O)n2Cc2ccco2)c(C)n1C[C@H]1CCCO1. The van der Waals surface area contributed by atoms with Crippen LogP contribution in [-0.2, 0) is 17.8 Å². The molecule has 4 heterocycles. The summed E-state index contributed by atoms with van der Waals surface area (Å²) in [6, 6.07) is 12.8. The standard InChI is InChI=1S/C26H27N3O4S/c1-17-13-22(18(2)28(17)14-19-7-5-11-32-19)24(30)16-34-26-27-23-10-4-3-9-21(23)25(31)29(26)15-20-8-6-12-33-20/h3-4,6,8-10,12-13,19H,5,7,11,14-16H2,1-2H3/t19-/m1/s1. The number of Topliss-reactive ketones (excluding diaryl/α,β-unsaturated/α-hetero) is 1. The number of ketones is 1. The van der Waals surface area contributed by atoms with Crippen LogP contribution in [0.3, 0.4) is 0 Å². The molecule has 0 aliphatic carbocycles. The van der Waals surface area contributed by atoms with Crippen LogP contribution >= 0.6 is 11.8 Å². The molecular weight excluding hydrogens is 450 g/mol. The fraction of sp³-hybridized carbons (Fsp3) is 0.346. The Morgan fingerprint density at radius 1 is 1.18 bits per heavy atom. The third kappa shape index (κ3) is 4.48. The van der Waals surface area contributed by atoms with E-state index in [2.05, 4.69) is 4.57 Å². The van der Waals surface area contributed by atoms with E-state index in [0.29, 0.717) is 27.4 Å². The monoisotopic (exact) mass is 477 g/mol. The van der Waals surface area contributed by atoms with Crippen LogP contribution in [0.2, 0.25) is 0 Å². The zero-order valence-corrected chi connectivity index (χ0v) is 20.1. The predicted molar refractivity (Wildman–Crippen MR) is 132 cm³/mol. The number of nitrogens with zero attached hydrogens (tertiary/aromatic N) is 3. The predicted octanol–water partition coefficient (Wildman–Crippen LogP) is 4.61. The molecule has 0 bridgehead atoms. The Bertz CT molecular complexity index is 1380. The van der Waals surface area contributed by atoms with Crippen molar-refractivity contribution in [2.24, 2.45) is 0 Å². The first-order valence-electron chi connectivity index (χ1n) is 11.5. The highest BCUT2D eigenvalue weighted by Crippen LogP contribution is 2.24. The number of ether oxygens (including phenoxy) is 1. The van der Waals surface area contributed by atoms with E-state index < -0.39 is 0 Å². The Kier molecular flexibility index (Phi) is 6.43. The third-order valence-corrected chi connectivity index (χ3v) is 7.31. The minimum atomic E-state index is -0.147. The second-order valence-electron chi connectivity index (χ2n) is 8.62. The molecule has 0 amide bonds. The Labute approximate surface area is 201 Å².